The molecule has 1 aromatic heterocycles. The predicted octanol–water partition coefficient (Wildman–Crippen LogP) is 1.93. The molecule has 0 aliphatic carbocycles. The number of nitrogens with one attached hydrogen (secondary N) is 1. The van der Waals surface area contributed by atoms with E-state index in [1.165, 1.54) is 21.9 Å². The number of halogens is 3. The fraction of sp³-hybridized carbons (Fsp3) is 0.375. The highest BCUT2D eigenvalue weighted by molar-refractivity contribution is 5.96. The maximum Gasteiger partial charge on any atom is 0.573 e. The molecule has 0 spiro atoms. The van der Waals surface area contributed by atoms with Crippen LogP contribution >= 0.6 is 0 Å². The summed E-state index contributed by atoms with van der Waals surface area (Å²) in [6, 6.07) is 4.36. The number of hydrogen-bond donors (Lipinski definition) is 2. The lowest BCUT2D eigenvalue weighted by molar-refractivity contribution is -0.274. The minimum atomic E-state index is -4.78. The largest absolute Gasteiger partial charge is 0.573 e. The van der Waals surface area contributed by atoms with Gasteiger partial charge in [-0.3, -0.25) is 4.79 Å². The van der Waals surface area contributed by atoms with Gasteiger partial charge in [0.15, 0.2) is 0 Å². The third-order valence-corrected chi connectivity index (χ3v) is 4.13. The molecule has 1 aliphatic rings. The Hall–Kier alpha value is -3.51. The molecule has 1 saturated heterocycles. The van der Waals surface area contributed by atoms with Gasteiger partial charge in [-0.2, -0.15) is 0 Å². The summed E-state index contributed by atoms with van der Waals surface area (Å²) in [7, 11) is 0. The van der Waals surface area contributed by atoms with Crippen LogP contribution < -0.4 is 15.8 Å². The summed E-state index contributed by atoms with van der Waals surface area (Å²) in [6.45, 7) is 1.27. The first kappa shape index (κ1) is 20.2. The average Bonchev–Trinajstić information content (AvgIpc) is 2.93. The molecule has 1 aromatic carbocycles. The van der Waals surface area contributed by atoms with Crippen LogP contribution in [0.2, 0.25) is 0 Å². The number of alkyl halides is 3. The number of carbonyl (C=O) groups is 2. The van der Waals surface area contributed by atoms with E-state index in [2.05, 4.69) is 25.0 Å². The van der Waals surface area contributed by atoms with Crippen molar-refractivity contribution in [1.82, 2.24) is 20.1 Å². The Morgan fingerprint density at radius 2 is 1.72 bits per heavy atom. The van der Waals surface area contributed by atoms with Gasteiger partial charge in [0.2, 0.25) is 11.5 Å². The number of anilines is 2. The normalized spacial score (nSPS) is 15.0. The molecule has 156 valence electrons. The standard InChI is InChI=1S/C16H17F3N6O4/c17-16(18,19)28-11-4-2-10(3-5-11)21-15(27)25-7-1-6-24(8-9-25)14(26)12-13(20)23-29-22-12/h2-5H,1,6-9H2,(H2,20,23)(H,21,27). The molecule has 2 aromatic rings. The van der Waals surface area contributed by atoms with E-state index in [0.29, 0.717) is 25.2 Å². The van der Waals surface area contributed by atoms with E-state index in [0.717, 1.165) is 12.1 Å². The molecule has 1 aliphatic heterocycles. The van der Waals surface area contributed by atoms with Crippen molar-refractivity contribution in [3.05, 3.63) is 30.0 Å². The number of ether oxygens (including phenoxy) is 1. The monoisotopic (exact) mass is 414 g/mol. The third-order valence-electron chi connectivity index (χ3n) is 4.13. The van der Waals surface area contributed by atoms with Gasteiger partial charge in [0.05, 0.1) is 0 Å². The van der Waals surface area contributed by atoms with Crippen LogP contribution in [0, 0.1) is 0 Å². The molecule has 1 fully saturated rings. The van der Waals surface area contributed by atoms with Gasteiger partial charge in [0.1, 0.15) is 5.75 Å². The highest BCUT2D eigenvalue weighted by atomic mass is 19.4. The molecule has 0 atom stereocenters. The van der Waals surface area contributed by atoms with E-state index in [1.54, 1.807) is 0 Å². The summed E-state index contributed by atoms with van der Waals surface area (Å²) in [5.74, 6) is -0.931. The number of aromatic nitrogens is 2. The van der Waals surface area contributed by atoms with E-state index < -0.39 is 18.3 Å². The Balaban J connectivity index is 1.55. The zero-order valence-corrected chi connectivity index (χ0v) is 15.0. The molecule has 0 radical (unpaired) electrons. The van der Waals surface area contributed by atoms with E-state index in [1.807, 2.05) is 0 Å². The molecule has 10 nitrogen and oxygen atoms in total. The van der Waals surface area contributed by atoms with Crippen molar-refractivity contribution in [2.45, 2.75) is 12.8 Å². The van der Waals surface area contributed by atoms with Crippen molar-refractivity contribution in [3.63, 3.8) is 0 Å². The maximum absolute atomic E-state index is 12.4. The molecule has 3 N–H and O–H groups in total. The summed E-state index contributed by atoms with van der Waals surface area (Å²) < 4.78 is 44.8. The van der Waals surface area contributed by atoms with Gasteiger partial charge in [0.25, 0.3) is 5.91 Å². The van der Waals surface area contributed by atoms with E-state index >= 15 is 0 Å². The van der Waals surface area contributed by atoms with E-state index in [9.17, 15) is 22.8 Å². The topological polar surface area (TPSA) is 127 Å². The predicted molar refractivity (Wildman–Crippen MR) is 92.9 cm³/mol. The summed E-state index contributed by atoms with van der Waals surface area (Å²) in [5.41, 5.74) is 5.76. The maximum atomic E-state index is 12.4. The van der Waals surface area contributed by atoms with Crippen molar-refractivity contribution >= 4 is 23.4 Å². The van der Waals surface area contributed by atoms with Crippen molar-refractivity contribution < 1.29 is 32.1 Å². The first-order valence-electron chi connectivity index (χ1n) is 8.52. The number of amides is 3. The number of benzene rings is 1. The second-order valence-electron chi connectivity index (χ2n) is 6.13. The SMILES string of the molecule is Nc1nonc1C(=O)N1CCCN(C(=O)Nc2ccc(OC(F)(F)F)cc2)CC1. The van der Waals surface area contributed by atoms with Crippen molar-refractivity contribution in [2.75, 3.05) is 37.2 Å². The zero-order chi connectivity index (χ0) is 21.0. The van der Waals surface area contributed by atoms with Crippen LogP contribution in [-0.2, 0) is 0 Å². The van der Waals surface area contributed by atoms with Crippen molar-refractivity contribution in [3.8, 4) is 5.75 Å². The Morgan fingerprint density at radius 1 is 1.07 bits per heavy atom. The van der Waals surface area contributed by atoms with Gasteiger partial charge in [-0.1, -0.05) is 0 Å². The van der Waals surface area contributed by atoms with Crippen molar-refractivity contribution in [2.24, 2.45) is 0 Å². The number of rotatable bonds is 3. The van der Waals surface area contributed by atoms with Crippen LogP contribution in [0.15, 0.2) is 28.9 Å². The lowest BCUT2D eigenvalue weighted by Crippen LogP contribution is -2.39. The molecule has 0 unspecified atom stereocenters. The van der Waals surface area contributed by atoms with Crippen LogP contribution in [0.5, 0.6) is 5.75 Å². The summed E-state index contributed by atoms with van der Waals surface area (Å²) in [6.07, 6.45) is -4.27. The molecule has 0 saturated carbocycles. The quantitative estimate of drug-likeness (QED) is 0.786. The lowest BCUT2D eigenvalue weighted by atomic mass is 10.3. The number of hydrogen-bond acceptors (Lipinski definition) is 7. The third kappa shape index (κ3) is 5.27. The molecular weight excluding hydrogens is 397 g/mol. The summed E-state index contributed by atoms with van der Waals surface area (Å²) in [5, 5.41) is 9.45. The highest BCUT2D eigenvalue weighted by Gasteiger charge is 2.31. The smallest absolute Gasteiger partial charge is 0.406 e. The zero-order valence-electron chi connectivity index (χ0n) is 15.0. The highest BCUT2D eigenvalue weighted by Crippen LogP contribution is 2.24. The minimum Gasteiger partial charge on any atom is -0.406 e. The van der Waals surface area contributed by atoms with Gasteiger partial charge in [-0.15, -0.1) is 13.2 Å². The molecule has 29 heavy (non-hydrogen) atoms. The lowest BCUT2D eigenvalue weighted by Gasteiger charge is -2.22. The molecule has 2 heterocycles. The van der Waals surface area contributed by atoms with Gasteiger partial charge < -0.3 is 25.6 Å². The van der Waals surface area contributed by atoms with Gasteiger partial charge in [-0.05, 0) is 41.0 Å². The first-order chi connectivity index (χ1) is 13.7. The molecule has 13 heteroatoms. The van der Waals surface area contributed by atoms with E-state index in [4.69, 9.17) is 5.73 Å². The van der Waals surface area contributed by atoms with Crippen molar-refractivity contribution in [1.29, 1.82) is 0 Å². The van der Waals surface area contributed by atoms with Crippen LogP contribution in [0.3, 0.4) is 0 Å². The van der Waals surface area contributed by atoms with Crippen LogP contribution in [0.4, 0.5) is 29.5 Å². The van der Waals surface area contributed by atoms with Gasteiger partial charge in [-0.25, -0.2) is 9.42 Å². The molecule has 0 bridgehead atoms. The fourth-order valence-corrected chi connectivity index (χ4v) is 2.76. The number of carbonyl (C=O) groups excluding carboxylic acids is 2. The first-order valence-corrected chi connectivity index (χ1v) is 8.52. The fourth-order valence-electron chi connectivity index (χ4n) is 2.76. The molecule has 3 amide bonds. The Morgan fingerprint density at radius 3 is 2.34 bits per heavy atom. The van der Waals surface area contributed by atoms with Crippen LogP contribution in [-0.4, -0.2) is 64.6 Å². The van der Waals surface area contributed by atoms with Gasteiger partial charge in [0, 0.05) is 31.9 Å². The Bertz CT molecular complexity index is 870. The number of nitrogens with two attached hydrogens (primary N) is 1. The number of nitrogens with zero attached hydrogens (tertiary/aromatic N) is 4. The molecular formula is C16H17F3N6O4. The van der Waals surface area contributed by atoms with Crippen LogP contribution in [0.25, 0.3) is 0 Å². The summed E-state index contributed by atoms with van der Waals surface area (Å²) >= 11 is 0. The van der Waals surface area contributed by atoms with E-state index in [-0.39, 0.29) is 30.4 Å². The summed E-state index contributed by atoms with van der Waals surface area (Å²) in [4.78, 5) is 27.8. The number of urea groups is 1. The second-order valence-corrected chi connectivity index (χ2v) is 6.13. The van der Waals surface area contributed by atoms with Crippen LogP contribution in [0.1, 0.15) is 16.9 Å². The Kier molecular flexibility index (Phi) is 5.75. The minimum absolute atomic E-state index is 0.0796. The second kappa shape index (κ2) is 8.24. The number of nitrogen functional groups attached to an aromatic ring is 1. The molecule has 3 rings (SSSR count). The Labute approximate surface area is 162 Å². The van der Waals surface area contributed by atoms with Gasteiger partial charge >= 0.3 is 12.4 Å². The average molecular weight is 414 g/mol.